The number of carbonyl (C=O) groups is 5. The second-order valence-electron chi connectivity index (χ2n) is 13.0. The highest BCUT2D eigenvalue weighted by molar-refractivity contribution is 7.88. The van der Waals surface area contributed by atoms with Crippen molar-refractivity contribution >= 4 is 58.2 Å². The van der Waals surface area contributed by atoms with Gasteiger partial charge in [0.2, 0.25) is 17.9 Å². The Hall–Kier alpha value is -5.62. The molecule has 4 heterocycles. The highest BCUT2D eigenvalue weighted by Gasteiger charge is 2.38. The van der Waals surface area contributed by atoms with Crippen LogP contribution in [0.5, 0.6) is 0 Å². The van der Waals surface area contributed by atoms with Gasteiger partial charge in [0.1, 0.15) is 39.0 Å². The molecule has 2 aliphatic heterocycles. The Balaban J connectivity index is 1.15. The summed E-state index contributed by atoms with van der Waals surface area (Å²) in [6.45, 7) is 3.30. The summed E-state index contributed by atoms with van der Waals surface area (Å²) in [4.78, 5) is 78.8. The third kappa shape index (κ3) is 8.86. The second-order valence-corrected chi connectivity index (χ2v) is 14.4. The molecule has 2 aliphatic rings. The lowest BCUT2D eigenvalue weighted by Gasteiger charge is -2.25. The molecular weight excluding hydrogens is 735 g/mol. The van der Waals surface area contributed by atoms with Crippen LogP contribution in [-0.4, -0.2) is 87.2 Å². The van der Waals surface area contributed by atoms with Crippen molar-refractivity contribution < 1.29 is 47.5 Å². The van der Waals surface area contributed by atoms with Gasteiger partial charge in [0.15, 0.2) is 0 Å². The number of para-hydroxylation sites is 1. The van der Waals surface area contributed by atoms with Crippen LogP contribution in [0, 0.1) is 0 Å². The van der Waals surface area contributed by atoms with Gasteiger partial charge in [-0.2, -0.15) is 0 Å². The maximum Gasteiger partial charge on any atom is 0.509 e. The SMILES string of the molecule is CC(C)N(CCc1c2c(nc3ccccc13)-c1cc3c(c(=O)n1C2)COC(=O)C3OC(=O)OCc1ccc(NC(=O)CNC(=O)COCC=O)cc1)[S+](C)[O-]. The first-order chi connectivity index (χ1) is 26.4. The van der Waals surface area contributed by atoms with E-state index in [1.165, 1.54) is 0 Å². The largest absolute Gasteiger partial charge is 0.598 e. The molecule has 2 N–H and O–H groups in total. The zero-order chi connectivity index (χ0) is 39.2. The number of ether oxygens (including phenoxy) is 4. The summed E-state index contributed by atoms with van der Waals surface area (Å²) < 4.78 is 36.8. The Kier molecular flexibility index (Phi) is 12.2. The van der Waals surface area contributed by atoms with Crippen LogP contribution < -0.4 is 16.2 Å². The predicted octanol–water partition coefficient (Wildman–Crippen LogP) is 2.69. The average Bonchev–Trinajstić information content (AvgIpc) is 3.53. The number of benzene rings is 2. The predicted molar refractivity (Wildman–Crippen MR) is 199 cm³/mol. The molecule has 2 amide bonds. The molecule has 2 aromatic carbocycles. The number of hydrogen-bond acceptors (Lipinski definition) is 13. The Morgan fingerprint density at radius 1 is 1.11 bits per heavy atom. The zero-order valence-corrected chi connectivity index (χ0v) is 31.1. The molecule has 0 aliphatic carbocycles. The van der Waals surface area contributed by atoms with Gasteiger partial charge >= 0.3 is 12.1 Å². The van der Waals surface area contributed by atoms with Gasteiger partial charge in [0.05, 0.1) is 35.6 Å². The maximum absolute atomic E-state index is 13.9. The van der Waals surface area contributed by atoms with E-state index in [1.807, 2.05) is 42.4 Å². The van der Waals surface area contributed by atoms with Gasteiger partial charge in [-0.05, 0) is 55.7 Å². The van der Waals surface area contributed by atoms with E-state index in [0.717, 1.165) is 22.0 Å². The van der Waals surface area contributed by atoms with Crippen molar-refractivity contribution in [3.05, 3.63) is 92.8 Å². The summed E-state index contributed by atoms with van der Waals surface area (Å²) in [5, 5.41) is 5.90. The topological polar surface area (TPSA) is 208 Å². The summed E-state index contributed by atoms with van der Waals surface area (Å²) in [5.41, 5.74) is 4.51. The van der Waals surface area contributed by atoms with E-state index in [9.17, 15) is 33.3 Å². The molecule has 2 atom stereocenters. The number of hydrogen-bond donors (Lipinski definition) is 2. The first-order valence-electron chi connectivity index (χ1n) is 17.4. The van der Waals surface area contributed by atoms with Crippen molar-refractivity contribution in [1.29, 1.82) is 0 Å². The minimum atomic E-state index is -1.56. The molecule has 6 rings (SSSR count). The number of pyridine rings is 2. The summed E-state index contributed by atoms with van der Waals surface area (Å²) in [5.74, 6) is -1.91. The number of amides is 2. The number of cyclic esters (lactones) is 1. The van der Waals surface area contributed by atoms with Crippen LogP contribution in [-0.2, 0) is 75.7 Å². The van der Waals surface area contributed by atoms with E-state index < -0.39 is 47.0 Å². The van der Waals surface area contributed by atoms with Crippen LogP contribution in [0.4, 0.5) is 10.5 Å². The smallest absolute Gasteiger partial charge is 0.509 e. The molecule has 2 unspecified atom stereocenters. The number of anilines is 1. The summed E-state index contributed by atoms with van der Waals surface area (Å²) in [6.07, 6.45) is -0.0140. The highest BCUT2D eigenvalue weighted by Crippen LogP contribution is 2.39. The van der Waals surface area contributed by atoms with Crippen molar-refractivity contribution in [3.63, 3.8) is 0 Å². The van der Waals surface area contributed by atoms with Crippen molar-refractivity contribution in [3.8, 4) is 11.4 Å². The van der Waals surface area contributed by atoms with Gasteiger partial charge in [-0.15, -0.1) is 4.31 Å². The average molecular weight is 774 g/mol. The van der Waals surface area contributed by atoms with E-state index in [1.54, 1.807) is 41.2 Å². The lowest BCUT2D eigenvalue weighted by molar-refractivity contribution is -0.159. The lowest BCUT2D eigenvalue weighted by Crippen LogP contribution is -2.37. The molecule has 55 heavy (non-hydrogen) atoms. The molecular formula is C38H39N5O11S. The van der Waals surface area contributed by atoms with Crippen LogP contribution in [0.1, 0.15) is 47.8 Å². The maximum atomic E-state index is 13.9. The van der Waals surface area contributed by atoms with Gasteiger partial charge in [-0.1, -0.05) is 30.3 Å². The molecule has 4 aromatic rings. The number of carbonyl (C=O) groups excluding carboxylic acids is 5. The summed E-state index contributed by atoms with van der Waals surface area (Å²) >= 11 is -1.19. The number of nitrogens with one attached hydrogen (secondary N) is 2. The third-order valence-corrected chi connectivity index (χ3v) is 10.4. The summed E-state index contributed by atoms with van der Waals surface area (Å²) in [7, 11) is 0. The van der Waals surface area contributed by atoms with Gasteiger partial charge in [0.25, 0.3) is 5.56 Å². The monoisotopic (exact) mass is 773 g/mol. The fourth-order valence-corrected chi connectivity index (χ4v) is 7.48. The third-order valence-electron chi connectivity index (χ3n) is 9.12. The lowest BCUT2D eigenvalue weighted by atomic mass is 9.97. The fraction of sp³-hybridized carbons (Fsp3) is 0.342. The van der Waals surface area contributed by atoms with E-state index in [0.29, 0.717) is 41.9 Å². The quantitative estimate of drug-likeness (QED) is 0.0680. The van der Waals surface area contributed by atoms with Crippen molar-refractivity contribution in [2.45, 2.75) is 52.2 Å². The van der Waals surface area contributed by atoms with Crippen LogP contribution in [0.25, 0.3) is 22.3 Å². The minimum absolute atomic E-state index is 0.0522. The van der Waals surface area contributed by atoms with Crippen LogP contribution in [0.15, 0.2) is 59.4 Å². The normalized spacial score (nSPS) is 14.8. The summed E-state index contributed by atoms with van der Waals surface area (Å²) in [6, 6.07) is 15.7. The molecule has 0 fully saturated rings. The standard InChI is InChI=1S/C38H39N5O11S/c1-22(2)43(55(3)50)13-12-25-26-6-4-5-7-30(26)41-34-28(25)18-42-31(34)16-27-29(36(42)47)20-52-37(48)35(27)54-38(49)53-19-23-8-10-24(11-9-23)40-32(45)17-39-33(46)21-51-15-14-44/h4-11,14,16,22,35H,12-13,15,17-21H2,1-3H3,(H,39,46)(H,40,45). The van der Waals surface area contributed by atoms with Crippen LogP contribution in [0.3, 0.4) is 0 Å². The van der Waals surface area contributed by atoms with Crippen molar-refractivity contribution in [1.82, 2.24) is 19.2 Å². The Morgan fingerprint density at radius 2 is 1.87 bits per heavy atom. The van der Waals surface area contributed by atoms with Gasteiger partial charge in [-0.3, -0.25) is 14.4 Å². The molecule has 17 heteroatoms. The number of aldehydes is 1. The first-order valence-corrected chi connectivity index (χ1v) is 18.9. The number of rotatable bonds is 15. The van der Waals surface area contributed by atoms with Crippen molar-refractivity contribution in [2.24, 2.45) is 0 Å². The van der Waals surface area contributed by atoms with Gasteiger partial charge in [0, 0.05) is 46.1 Å². The minimum Gasteiger partial charge on any atom is -0.598 e. The molecule has 0 saturated heterocycles. The zero-order valence-electron chi connectivity index (χ0n) is 30.3. The molecule has 0 spiro atoms. The van der Waals surface area contributed by atoms with E-state index in [2.05, 4.69) is 10.6 Å². The molecule has 0 saturated carbocycles. The molecule has 16 nitrogen and oxygen atoms in total. The number of esters is 1. The molecule has 2 aromatic heterocycles. The van der Waals surface area contributed by atoms with E-state index >= 15 is 0 Å². The number of fused-ring (bicyclic) bond motifs is 5. The Morgan fingerprint density at radius 3 is 2.60 bits per heavy atom. The number of nitrogens with zero attached hydrogens (tertiary/aromatic N) is 3. The van der Waals surface area contributed by atoms with E-state index in [-0.39, 0.29) is 56.7 Å². The molecule has 288 valence electrons. The Labute approximate surface area is 318 Å². The van der Waals surface area contributed by atoms with Crippen LogP contribution >= 0.6 is 0 Å². The van der Waals surface area contributed by atoms with Gasteiger partial charge < -0.3 is 43.5 Å². The second kappa shape index (κ2) is 17.2. The van der Waals surface area contributed by atoms with Crippen molar-refractivity contribution in [2.75, 3.05) is 37.9 Å². The van der Waals surface area contributed by atoms with Crippen LogP contribution in [0.2, 0.25) is 0 Å². The van der Waals surface area contributed by atoms with E-state index in [4.69, 9.17) is 23.9 Å². The molecule has 0 radical (unpaired) electrons. The molecule has 0 bridgehead atoms. The van der Waals surface area contributed by atoms with Gasteiger partial charge in [-0.25, -0.2) is 14.6 Å². The Bertz CT molecular complexity index is 2180. The highest BCUT2D eigenvalue weighted by atomic mass is 32.2. The fourth-order valence-electron chi connectivity index (χ4n) is 6.54. The first kappa shape index (κ1) is 39.1. The number of aromatic nitrogens is 2.